The lowest BCUT2D eigenvalue weighted by atomic mass is 9.95. The molecule has 0 aliphatic carbocycles. The van der Waals surface area contributed by atoms with Crippen LogP contribution in [0.15, 0.2) is 52.9 Å². The third-order valence-electron chi connectivity index (χ3n) is 4.51. The van der Waals surface area contributed by atoms with Gasteiger partial charge in [0.05, 0.1) is 19.1 Å². The van der Waals surface area contributed by atoms with Crippen LogP contribution in [-0.2, 0) is 16.1 Å². The summed E-state index contributed by atoms with van der Waals surface area (Å²) in [5.41, 5.74) is 2.35. The maximum atomic E-state index is 13.2. The molecule has 0 aliphatic rings. The number of methoxy groups -OCH3 is 1. The highest BCUT2D eigenvalue weighted by Gasteiger charge is 2.25. The van der Waals surface area contributed by atoms with Crippen LogP contribution < -0.4 is 0 Å². The van der Waals surface area contributed by atoms with Crippen LogP contribution in [0.1, 0.15) is 30.7 Å². The summed E-state index contributed by atoms with van der Waals surface area (Å²) in [7, 11) is 1.62. The van der Waals surface area contributed by atoms with Crippen LogP contribution in [0.5, 0.6) is 0 Å². The van der Waals surface area contributed by atoms with Gasteiger partial charge in [-0.15, -0.1) is 0 Å². The maximum absolute atomic E-state index is 13.2. The Morgan fingerprint density at radius 3 is 2.74 bits per heavy atom. The monoisotopic (exact) mass is 386 g/mol. The molecule has 0 radical (unpaired) electrons. The minimum atomic E-state index is -0.207. The lowest BCUT2D eigenvalue weighted by molar-refractivity contribution is -0.134. The lowest BCUT2D eigenvalue weighted by Crippen LogP contribution is -2.37. The number of hydrogen-bond donors (Lipinski definition) is 0. The van der Waals surface area contributed by atoms with E-state index < -0.39 is 0 Å². The normalized spacial score (nSPS) is 12.3. The minimum Gasteiger partial charge on any atom is -0.439 e. The third-order valence-corrected chi connectivity index (χ3v) is 4.74. The summed E-state index contributed by atoms with van der Waals surface area (Å²) in [6.07, 6.45) is 0.718. The van der Waals surface area contributed by atoms with Gasteiger partial charge in [0.25, 0.3) is 0 Å². The van der Waals surface area contributed by atoms with E-state index in [1.807, 2.05) is 37.3 Å². The standard InChI is InChI=1S/C21H23ClN2O3/c1-3-17(15-7-5-4-6-8-15)21(25)24(11-12-26-2)14-20-23-18-13-16(22)9-10-19(18)27-20/h4-10,13,17H,3,11-12,14H2,1-2H3. The van der Waals surface area contributed by atoms with Crippen molar-refractivity contribution in [2.24, 2.45) is 0 Å². The smallest absolute Gasteiger partial charge is 0.230 e. The molecule has 1 atom stereocenters. The van der Waals surface area contributed by atoms with E-state index in [2.05, 4.69) is 4.98 Å². The molecule has 3 rings (SSSR count). The zero-order chi connectivity index (χ0) is 19.2. The van der Waals surface area contributed by atoms with Crippen LogP contribution in [0.4, 0.5) is 0 Å². The molecule has 0 N–H and O–H groups in total. The highest BCUT2D eigenvalue weighted by atomic mass is 35.5. The number of benzene rings is 2. The molecule has 1 heterocycles. The van der Waals surface area contributed by atoms with Gasteiger partial charge >= 0.3 is 0 Å². The first kappa shape index (κ1) is 19.4. The summed E-state index contributed by atoms with van der Waals surface area (Å²) < 4.78 is 11.0. The molecule has 1 unspecified atom stereocenters. The SMILES string of the molecule is CCC(C(=O)N(CCOC)Cc1nc2cc(Cl)ccc2o1)c1ccccc1. The Bertz CT molecular complexity index is 895. The number of hydrogen-bond acceptors (Lipinski definition) is 4. The number of halogens is 1. The Hall–Kier alpha value is -2.37. The molecule has 0 saturated carbocycles. The number of fused-ring (bicyclic) bond motifs is 1. The fraction of sp³-hybridized carbons (Fsp3) is 0.333. The van der Waals surface area contributed by atoms with Gasteiger partial charge in [0.1, 0.15) is 5.52 Å². The summed E-state index contributed by atoms with van der Waals surface area (Å²) in [5, 5.41) is 0.602. The average Bonchev–Trinajstić information content (AvgIpc) is 3.08. The lowest BCUT2D eigenvalue weighted by Gasteiger charge is -2.26. The summed E-state index contributed by atoms with van der Waals surface area (Å²) in [5.74, 6) is 0.322. The molecule has 0 spiro atoms. The molecule has 142 valence electrons. The van der Waals surface area contributed by atoms with Gasteiger partial charge in [0, 0.05) is 18.7 Å². The van der Waals surface area contributed by atoms with E-state index in [1.165, 1.54) is 0 Å². The largest absolute Gasteiger partial charge is 0.439 e. The number of nitrogens with zero attached hydrogens (tertiary/aromatic N) is 2. The first-order valence-electron chi connectivity index (χ1n) is 9.00. The van der Waals surface area contributed by atoms with Crippen LogP contribution in [0.25, 0.3) is 11.1 Å². The van der Waals surface area contributed by atoms with Crippen molar-refractivity contribution < 1.29 is 13.9 Å². The van der Waals surface area contributed by atoms with Crippen molar-refractivity contribution in [1.82, 2.24) is 9.88 Å². The number of oxazole rings is 1. The molecule has 5 nitrogen and oxygen atoms in total. The summed E-state index contributed by atoms with van der Waals surface area (Å²) in [4.78, 5) is 19.5. The summed E-state index contributed by atoms with van der Waals surface area (Å²) in [6, 6.07) is 15.1. The van der Waals surface area contributed by atoms with E-state index >= 15 is 0 Å². The van der Waals surface area contributed by atoms with Gasteiger partial charge in [0.2, 0.25) is 11.8 Å². The van der Waals surface area contributed by atoms with Crippen molar-refractivity contribution in [3.8, 4) is 0 Å². The highest BCUT2D eigenvalue weighted by Crippen LogP contribution is 2.24. The Balaban J connectivity index is 1.84. The van der Waals surface area contributed by atoms with E-state index in [4.69, 9.17) is 20.8 Å². The van der Waals surface area contributed by atoms with Gasteiger partial charge in [-0.3, -0.25) is 4.79 Å². The van der Waals surface area contributed by atoms with E-state index in [0.29, 0.717) is 35.2 Å². The quantitative estimate of drug-likeness (QED) is 0.565. The second-order valence-corrected chi connectivity index (χ2v) is 6.78. The minimum absolute atomic E-state index is 0.0426. The fourth-order valence-electron chi connectivity index (χ4n) is 3.11. The van der Waals surface area contributed by atoms with Crippen LogP contribution in [0.2, 0.25) is 5.02 Å². The molecule has 3 aromatic rings. The Morgan fingerprint density at radius 2 is 2.04 bits per heavy atom. The van der Waals surface area contributed by atoms with Crippen molar-refractivity contribution in [3.63, 3.8) is 0 Å². The van der Waals surface area contributed by atoms with E-state index in [9.17, 15) is 4.79 Å². The molecule has 27 heavy (non-hydrogen) atoms. The number of carbonyl (C=O) groups is 1. The number of aromatic nitrogens is 1. The van der Waals surface area contributed by atoms with Gasteiger partial charge in [0.15, 0.2) is 5.58 Å². The Morgan fingerprint density at radius 1 is 1.26 bits per heavy atom. The van der Waals surface area contributed by atoms with Crippen LogP contribution in [-0.4, -0.2) is 36.1 Å². The molecular formula is C21H23ClN2O3. The first-order valence-corrected chi connectivity index (χ1v) is 9.37. The second kappa shape index (κ2) is 9.02. The third kappa shape index (κ3) is 4.67. The second-order valence-electron chi connectivity index (χ2n) is 6.34. The fourth-order valence-corrected chi connectivity index (χ4v) is 3.27. The molecule has 1 aromatic heterocycles. The highest BCUT2D eigenvalue weighted by molar-refractivity contribution is 6.31. The zero-order valence-corrected chi connectivity index (χ0v) is 16.3. The van der Waals surface area contributed by atoms with E-state index in [-0.39, 0.29) is 18.4 Å². The maximum Gasteiger partial charge on any atom is 0.230 e. The Labute approximate surface area is 163 Å². The summed E-state index contributed by atoms with van der Waals surface area (Å²) >= 11 is 6.02. The van der Waals surface area contributed by atoms with Gasteiger partial charge < -0.3 is 14.1 Å². The molecule has 2 aromatic carbocycles. The number of carbonyl (C=O) groups excluding carboxylic acids is 1. The average molecular weight is 387 g/mol. The summed E-state index contributed by atoms with van der Waals surface area (Å²) in [6.45, 7) is 3.23. The van der Waals surface area contributed by atoms with Crippen molar-refractivity contribution in [1.29, 1.82) is 0 Å². The van der Waals surface area contributed by atoms with E-state index in [1.54, 1.807) is 30.2 Å². The van der Waals surface area contributed by atoms with E-state index in [0.717, 1.165) is 12.0 Å². The molecule has 0 fully saturated rings. The van der Waals surface area contributed by atoms with Crippen molar-refractivity contribution in [2.45, 2.75) is 25.8 Å². The number of rotatable bonds is 8. The van der Waals surface area contributed by atoms with Crippen LogP contribution >= 0.6 is 11.6 Å². The number of amides is 1. The van der Waals surface area contributed by atoms with Gasteiger partial charge in [-0.1, -0.05) is 48.9 Å². The topological polar surface area (TPSA) is 55.6 Å². The molecular weight excluding hydrogens is 364 g/mol. The zero-order valence-electron chi connectivity index (χ0n) is 15.5. The molecule has 0 saturated heterocycles. The molecule has 1 amide bonds. The Kier molecular flexibility index (Phi) is 6.48. The number of ether oxygens (including phenoxy) is 1. The predicted molar refractivity (Wildman–Crippen MR) is 106 cm³/mol. The van der Waals surface area contributed by atoms with Crippen LogP contribution in [0.3, 0.4) is 0 Å². The van der Waals surface area contributed by atoms with Crippen LogP contribution in [0, 0.1) is 0 Å². The van der Waals surface area contributed by atoms with Crippen molar-refractivity contribution in [2.75, 3.05) is 20.3 Å². The van der Waals surface area contributed by atoms with Gasteiger partial charge in [-0.05, 0) is 30.2 Å². The molecule has 6 heteroatoms. The predicted octanol–water partition coefficient (Wildman–Crippen LogP) is 4.65. The molecule has 0 bridgehead atoms. The van der Waals surface area contributed by atoms with Crippen molar-refractivity contribution >= 4 is 28.6 Å². The van der Waals surface area contributed by atoms with Gasteiger partial charge in [-0.2, -0.15) is 0 Å². The first-order chi connectivity index (χ1) is 13.1. The van der Waals surface area contributed by atoms with Gasteiger partial charge in [-0.25, -0.2) is 4.98 Å². The van der Waals surface area contributed by atoms with Crippen molar-refractivity contribution in [3.05, 3.63) is 65.0 Å². The molecule has 0 aliphatic heterocycles.